The number of nitrogens with zero attached hydrogens (tertiary/aromatic N) is 1. The Balaban J connectivity index is 1.93. The number of ether oxygens (including phenoxy) is 2. The third kappa shape index (κ3) is 3.45. The van der Waals surface area contributed by atoms with E-state index in [-0.39, 0.29) is 11.7 Å². The molecule has 7 nitrogen and oxygen atoms in total. The fourth-order valence-electron chi connectivity index (χ4n) is 2.90. The number of sulfonamides is 1. The highest BCUT2D eigenvalue weighted by Crippen LogP contribution is 2.33. The second kappa shape index (κ2) is 7.25. The molecule has 3 rings (SSSR count). The van der Waals surface area contributed by atoms with Gasteiger partial charge in [-0.3, -0.25) is 9.10 Å². The number of nitrogens with one attached hydrogen (secondary N) is 1. The summed E-state index contributed by atoms with van der Waals surface area (Å²) in [5, 5.41) is 2.78. The van der Waals surface area contributed by atoms with Crippen molar-refractivity contribution in [3.05, 3.63) is 48.0 Å². The predicted molar refractivity (Wildman–Crippen MR) is 99.7 cm³/mol. The maximum atomic E-state index is 12.6. The minimum absolute atomic E-state index is 0.127. The predicted octanol–water partition coefficient (Wildman–Crippen LogP) is 2.50. The first-order chi connectivity index (χ1) is 12.5. The van der Waals surface area contributed by atoms with E-state index in [1.54, 1.807) is 42.5 Å². The zero-order valence-electron chi connectivity index (χ0n) is 14.6. The van der Waals surface area contributed by atoms with E-state index < -0.39 is 10.0 Å². The number of carbonyl (C=O) groups is 1. The van der Waals surface area contributed by atoms with Crippen molar-refractivity contribution in [3.8, 4) is 11.5 Å². The topological polar surface area (TPSA) is 84.9 Å². The number of amides is 1. The van der Waals surface area contributed by atoms with Gasteiger partial charge in [0.2, 0.25) is 10.0 Å². The van der Waals surface area contributed by atoms with Crippen LogP contribution < -0.4 is 19.1 Å². The Morgan fingerprint density at radius 1 is 1.08 bits per heavy atom. The SMILES string of the molecule is COc1ccc(N2CCCS2(=O)=O)cc1NC(=O)c1ccccc1OC. The van der Waals surface area contributed by atoms with Gasteiger partial charge >= 0.3 is 0 Å². The second-order valence-corrected chi connectivity index (χ2v) is 7.79. The number of anilines is 2. The van der Waals surface area contributed by atoms with Crippen molar-refractivity contribution >= 4 is 27.3 Å². The smallest absolute Gasteiger partial charge is 0.259 e. The van der Waals surface area contributed by atoms with E-state index in [0.717, 1.165) is 0 Å². The van der Waals surface area contributed by atoms with Crippen LogP contribution in [0.15, 0.2) is 42.5 Å². The van der Waals surface area contributed by atoms with Crippen molar-refractivity contribution in [1.82, 2.24) is 0 Å². The second-order valence-electron chi connectivity index (χ2n) is 5.78. The van der Waals surface area contributed by atoms with Gasteiger partial charge < -0.3 is 14.8 Å². The van der Waals surface area contributed by atoms with Crippen molar-refractivity contribution in [2.75, 3.05) is 36.1 Å². The minimum Gasteiger partial charge on any atom is -0.496 e. The lowest BCUT2D eigenvalue weighted by molar-refractivity contribution is 0.102. The number of methoxy groups -OCH3 is 2. The molecule has 0 radical (unpaired) electrons. The molecule has 26 heavy (non-hydrogen) atoms. The van der Waals surface area contributed by atoms with E-state index in [9.17, 15) is 13.2 Å². The van der Waals surface area contributed by atoms with Gasteiger partial charge in [0.1, 0.15) is 11.5 Å². The summed E-state index contributed by atoms with van der Waals surface area (Å²) >= 11 is 0. The summed E-state index contributed by atoms with van der Waals surface area (Å²) < 4.78 is 36.2. The van der Waals surface area contributed by atoms with E-state index >= 15 is 0 Å². The molecule has 1 N–H and O–H groups in total. The lowest BCUT2D eigenvalue weighted by atomic mass is 10.1. The number of rotatable bonds is 5. The molecule has 1 fully saturated rings. The van der Waals surface area contributed by atoms with Gasteiger partial charge in [-0.2, -0.15) is 0 Å². The van der Waals surface area contributed by atoms with E-state index in [1.807, 2.05) is 0 Å². The highest BCUT2D eigenvalue weighted by molar-refractivity contribution is 7.93. The molecule has 0 aliphatic carbocycles. The van der Waals surface area contributed by atoms with Crippen LogP contribution in [0.2, 0.25) is 0 Å². The summed E-state index contributed by atoms with van der Waals surface area (Å²) in [6.07, 6.45) is 0.581. The number of hydrogen-bond acceptors (Lipinski definition) is 5. The van der Waals surface area contributed by atoms with Crippen LogP contribution in [-0.4, -0.2) is 40.8 Å². The van der Waals surface area contributed by atoms with Gasteiger partial charge in [-0.25, -0.2) is 8.42 Å². The van der Waals surface area contributed by atoms with Gasteiger partial charge in [-0.15, -0.1) is 0 Å². The number of carbonyl (C=O) groups excluding carboxylic acids is 1. The van der Waals surface area contributed by atoms with Gasteiger partial charge in [-0.1, -0.05) is 12.1 Å². The Morgan fingerprint density at radius 2 is 1.81 bits per heavy atom. The van der Waals surface area contributed by atoms with Gasteiger partial charge in [-0.05, 0) is 36.8 Å². The summed E-state index contributed by atoms with van der Waals surface area (Å²) in [6.45, 7) is 0.425. The minimum atomic E-state index is -3.31. The Morgan fingerprint density at radius 3 is 2.46 bits per heavy atom. The molecule has 0 saturated carbocycles. The molecule has 138 valence electrons. The molecule has 1 amide bonds. The van der Waals surface area contributed by atoms with Crippen molar-refractivity contribution in [3.63, 3.8) is 0 Å². The molecule has 0 unspecified atom stereocenters. The van der Waals surface area contributed by atoms with Crippen LogP contribution in [0, 0.1) is 0 Å². The van der Waals surface area contributed by atoms with E-state index in [1.165, 1.54) is 18.5 Å². The fourth-order valence-corrected chi connectivity index (χ4v) is 4.46. The van der Waals surface area contributed by atoms with Crippen LogP contribution in [-0.2, 0) is 10.0 Å². The number of hydrogen-bond donors (Lipinski definition) is 1. The van der Waals surface area contributed by atoms with Gasteiger partial charge in [0.05, 0.1) is 36.9 Å². The van der Waals surface area contributed by atoms with E-state index in [4.69, 9.17) is 9.47 Å². The summed E-state index contributed by atoms with van der Waals surface area (Å²) in [7, 11) is -0.330. The van der Waals surface area contributed by atoms with Crippen LogP contribution in [0.5, 0.6) is 11.5 Å². The molecule has 1 heterocycles. The summed E-state index contributed by atoms with van der Waals surface area (Å²) in [5.74, 6) is 0.639. The quantitative estimate of drug-likeness (QED) is 0.867. The summed E-state index contributed by atoms with van der Waals surface area (Å²) in [5.41, 5.74) is 1.26. The van der Waals surface area contributed by atoms with Crippen LogP contribution in [0.25, 0.3) is 0 Å². The highest BCUT2D eigenvalue weighted by atomic mass is 32.2. The lowest BCUT2D eigenvalue weighted by Gasteiger charge is -2.19. The molecule has 0 aromatic heterocycles. The molecule has 0 spiro atoms. The molecule has 0 bridgehead atoms. The third-order valence-corrected chi connectivity index (χ3v) is 6.04. The maximum Gasteiger partial charge on any atom is 0.259 e. The van der Waals surface area contributed by atoms with Gasteiger partial charge in [0, 0.05) is 6.54 Å². The number of para-hydroxylation sites is 1. The maximum absolute atomic E-state index is 12.6. The van der Waals surface area contributed by atoms with Gasteiger partial charge in [0.15, 0.2) is 0 Å². The standard InChI is InChI=1S/C18H20N2O5S/c1-24-16-7-4-3-6-14(16)18(21)19-15-12-13(8-9-17(15)25-2)20-10-5-11-26(20,22)23/h3-4,6-9,12H,5,10-11H2,1-2H3,(H,19,21). The lowest BCUT2D eigenvalue weighted by Crippen LogP contribution is -2.25. The Kier molecular flexibility index (Phi) is 5.03. The zero-order chi connectivity index (χ0) is 18.7. The van der Waals surface area contributed by atoms with Crippen molar-refractivity contribution < 1.29 is 22.7 Å². The molecule has 1 saturated heterocycles. The van der Waals surface area contributed by atoms with Crippen molar-refractivity contribution in [2.45, 2.75) is 6.42 Å². The van der Waals surface area contributed by atoms with Crippen LogP contribution in [0.1, 0.15) is 16.8 Å². The Bertz CT molecular complexity index is 927. The highest BCUT2D eigenvalue weighted by Gasteiger charge is 2.29. The normalized spacial score (nSPS) is 15.5. The molecule has 1 aliphatic heterocycles. The molecular formula is C18H20N2O5S. The Labute approximate surface area is 152 Å². The zero-order valence-corrected chi connectivity index (χ0v) is 15.4. The molecule has 2 aromatic rings. The molecule has 1 aliphatic rings. The monoisotopic (exact) mass is 376 g/mol. The fraction of sp³-hybridized carbons (Fsp3) is 0.278. The molecular weight excluding hydrogens is 356 g/mol. The summed E-state index contributed by atoms with van der Waals surface area (Å²) in [4.78, 5) is 12.6. The average molecular weight is 376 g/mol. The van der Waals surface area contributed by atoms with Crippen molar-refractivity contribution in [1.29, 1.82) is 0 Å². The summed E-state index contributed by atoms with van der Waals surface area (Å²) in [6, 6.07) is 11.8. The van der Waals surface area contributed by atoms with Crippen LogP contribution in [0.4, 0.5) is 11.4 Å². The van der Waals surface area contributed by atoms with Crippen LogP contribution >= 0.6 is 0 Å². The van der Waals surface area contributed by atoms with E-state index in [0.29, 0.717) is 41.4 Å². The number of benzene rings is 2. The van der Waals surface area contributed by atoms with Gasteiger partial charge in [0.25, 0.3) is 5.91 Å². The molecule has 8 heteroatoms. The van der Waals surface area contributed by atoms with Crippen LogP contribution in [0.3, 0.4) is 0 Å². The average Bonchev–Trinajstić information content (AvgIpc) is 3.00. The molecule has 0 atom stereocenters. The third-order valence-electron chi connectivity index (χ3n) is 4.17. The first kappa shape index (κ1) is 18.1. The van der Waals surface area contributed by atoms with E-state index in [2.05, 4.69) is 5.32 Å². The first-order valence-corrected chi connectivity index (χ1v) is 9.70. The first-order valence-electron chi connectivity index (χ1n) is 8.09. The van der Waals surface area contributed by atoms with Crippen molar-refractivity contribution in [2.24, 2.45) is 0 Å². The largest absolute Gasteiger partial charge is 0.496 e. The Hall–Kier alpha value is -2.74. The molecule has 2 aromatic carbocycles.